The zero-order valence-electron chi connectivity index (χ0n) is 13.1. The molecule has 0 aliphatic carbocycles. The van der Waals surface area contributed by atoms with Gasteiger partial charge < -0.3 is 14.2 Å². The van der Waals surface area contributed by atoms with Gasteiger partial charge in [-0.1, -0.05) is 35.9 Å². The fourth-order valence-corrected chi connectivity index (χ4v) is 2.79. The van der Waals surface area contributed by atoms with Crippen molar-refractivity contribution >= 4 is 22.4 Å². The first-order valence-electron chi connectivity index (χ1n) is 7.03. The quantitative estimate of drug-likeness (QED) is 0.657. The molecule has 3 aromatic rings. The fraction of sp³-hybridized carbons (Fsp3) is 0.167. The first-order chi connectivity index (χ1) is 11.2. The Morgan fingerprint density at radius 3 is 2.17 bits per heavy atom. The van der Waals surface area contributed by atoms with Gasteiger partial charge in [-0.05, 0) is 17.5 Å². The number of nitrogens with zero attached hydrogens (tertiary/aromatic N) is 1. The topological polar surface area (TPSA) is 40.6 Å². The van der Waals surface area contributed by atoms with E-state index < -0.39 is 0 Å². The maximum atomic E-state index is 6.33. The highest BCUT2D eigenvalue weighted by molar-refractivity contribution is 6.34. The van der Waals surface area contributed by atoms with Crippen LogP contribution in [0.15, 0.2) is 42.5 Å². The number of pyridine rings is 1. The maximum Gasteiger partial charge on any atom is 0.164 e. The molecule has 0 saturated heterocycles. The summed E-state index contributed by atoms with van der Waals surface area (Å²) in [7, 11) is 4.78. The van der Waals surface area contributed by atoms with Gasteiger partial charge in [-0.15, -0.1) is 0 Å². The molecule has 0 bridgehead atoms. The summed E-state index contributed by atoms with van der Waals surface area (Å²) in [5, 5.41) is 2.38. The minimum Gasteiger partial charge on any atom is -0.496 e. The zero-order chi connectivity index (χ0) is 16.4. The lowest BCUT2D eigenvalue weighted by Gasteiger charge is -2.14. The summed E-state index contributed by atoms with van der Waals surface area (Å²) in [4.78, 5) is 4.50. The molecule has 23 heavy (non-hydrogen) atoms. The fourth-order valence-electron chi connectivity index (χ4n) is 2.52. The van der Waals surface area contributed by atoms with Crippen LogP contribution in [-0.2, 0) is 0 Å². The predicted molar refractivity (Wildman–Crippen MR) is 91.8 cm³/mol. The van der Waals surface area contributed by atoms with E-state index in [0.29, 0.717) is 28.1 Å². The van der Waals surface area contributed by atoms with Crippen molar-refractivity contribution in [3.05, 3.63) is 47.6 Å². The molecule has 5 heteroatoms. The molecule has 0 spiro atoms. The van der Waals surface area contributed by atoms with Crippen molar-refractivity contribution in [3.8, 4) is 28.5 Å². The number of ether oxygens (including phenoxy) is 3. The van der Waals surface area contributed by atoms with E-state index >= 15 is 0 Å². The number of benzene rings is 2. The second-order valence-electron chi connectivity index (χ2n) is 4.93. The Morgan fingerprint density at radius 1 is 0.826 bits per heavy atom. The molecule has 118 valence electrons. The van der Waals surface area contributed by atoms with Crippen LogP contribution in [0.25, 0.3) is 22.0 Å². The van der Waals surface area contributed by atoms with E-state index in [-0.39, 0.29) is 0 Å². The molecule has 1 aromatic heterocycles. The van der Waals surface area contributed by atoms with Gasteiger partial charge in [0.05, 0.1) is 27.0 Å². The Hall–Kier alpha value is -2.46. The van der Waals surface area contributed by atoms with Crippen LogP contribution < -0.4 is 14.2 Å². The van der Waals surface area contributed by atoms with E-state index in [9.17, 15) is 0 Å². The molecule has 2 aromatic carbocycles. The lowest BCUT2D eigenvalue weighted by molar-refractivity contribution is 0.349. The summed E-state index contributed by atoms with van der Waals surface area (Å²) < 4.78 is 16.2. The Bertz CT molecular complexity index is 864. The van der Waals surface area contributed by atoms with E-state index in [1.807, 2.05) is 36.4 Å². The van der Waals surface area contributed by atoms with Crippen LogP contribution in [0.3, 0.4) is 0 Å². The molecule has 0 unspecified atom stereocenters. The van der Waals surface area contributed by atoms with Gasteiger partial charge in [0, 0.05) is 17.0 Å². The normalized spacial score (nSPS) is 10.6. The Balaban J connectivity index is 2.25. The van der Waals surface area contributed by atoms with Crippen molar-refractivity contribution in [3.63, 3.8) is 0 Å². The highest BCUT2D eigenvalue weighted by atomic mass is 35.5. The summed E-state index contributed by atoms with van der Waals surface area (Å²) >= 11 is 6.33. The molecule has 0 aliphatic rings. The van der Waals surface area contributed by atoms with Gasteiger partial charge in [-0.2, -0.15) is 0 Å². The third-order valence-electron chi connectivity index (χ3n) is 3.68. The first-order valence-corrected chi connectivity index (χ1v) is 7.41. The van der Waals surface area contributed by atoms with Crippen molar-refractivity contribution in [1.82, 2.24) is 4.98 Å². The van der Waals surface area contributed by atoms with Gasteiger partial charge in [0.25, 0.3) is 0 Å². The molecular formula is C18H16ClNO3. The number of halogens is 1. The minimum absolute atomic E-state index is 0.454. The monoisotopic (exact) mass is 329 g/mol. The van der Waals surface area contributed by atoms with Crippen molar-refractivity contribution < 1.29 is 14.2 Å². The predicted octanol–water partition coefficient (Wildman–Crippen LogP) is 4.58. The Morgan fingerprint density at radius 2 is 1.48 bits per heavy atom. The van der Waals surface area contributed by atoms with Crippen LogP contribution in [0.1, 0.15) is 0 Å². The molecular weight excluding hydrogens is 314 g/mol. The van der Waals surface area contributed by atoms with E-state index in [2.05, 4.69) is 4.98 Å². The first kappa shape index (κ1) is 15.4. The van der Waals surface area contributed by atoms with Gasteiger partial charge in [-0.25, -0.2) is 4.98 Å². The molecule has 0 aliphatic heterocycles. The van der Waals surface area contributed by atoms with Crippen molar-refractivity contribution in [1.29, 1.82) is 0 Å². The van der Waals surface area contributed by atoms with Crippen LogP contribution in [0.2, 0.25) is 5.15 Å². The van der Waals surface area contributed by atoms with Crippen LogP contribution in [0.4, 0.5) is 0 Å². The van der Waals surface area contributed by atoms with Gasteiger partial charge in [-0.3, -0.25) is 0 Å². The van der Waals surface area contributed by atoms with E-state index in [1.165, 1.54) is 0 Å². The summed E-state index contributed by atoms with van der Waals surface area (Å²) in [5.74, 6) is 1.84. The highest BCUT2D eigenvalue weighted by Crippen LogP contribution is 2.40. The lowest BCUT2D eigenvalue weighted by Crippen LogP contribution is -1.96. The van der Waals surface area contributed by atoms with Gasteiger partial charge in [0.15, 0.2) is 11.5 Å². The van der Waals surface area contributed by atoms with E-state index in [4.69, 9.17) is 25.8 Å². The van der Waals surface area contributed by atoms with Crippen LogP contribution >= 0.6 is 11.6 Å². The standard InChI is InChI=1S/C18H16ClNO3/c1-21-15-10-17(23-3)16(22-2)9-13(15)14-8-11-6-4-5-7-12(11)18(19)20-14/h4-10H,1-3H3. The van der Waals surface area contributed by atoms with Crippen molar-refractivity contribution in [2.75, 3.05) is 21.3 Å². The molecule has 0 fully saturated rings. The highest BCUT2D eigenvalue weighted by Gasteiger charge is 2.15. The van der Waals surface area contributed by atoms with Gasteiger partial charge in [0.2, 0.25) is 0 Å². The van der Waals surface area contributed by atoms with E-state index in [1.54, 1.807) is 27.4 Å². The van der Waals surface area contributed by atoms with Crippen LogP contribution in [0.5, 0.6) is 17.2 Å². The second kappa shape index (κ2) is 6.34. The molecule has 4 nitrogen and oxygen atoms in total. The molecule has 1 heterocycles. The number of hydrogen-bond acceptors (Lipinski definition) is 4. The largest absolute Gasteiger partial charge is 0.496 e. The minimum atomic E-state index is 0.454. The average Bonchev–Trinajstić information content (AvgIpc) is 2.60. The van der Waals surface area contributed by atoms with Crippen LogP contribution in [0, 0.1) is 0 Å². The number of rotatable bonds is 4. The molecule has 3 rings (SSSR count). The summed E-state index contributed by atoms with van der Waals surface area (Å²) in [6.45, 7) is 0. The number of methoxy groups -OCH3 is 3. The van der Waals surface area contributed by atoms with Crippen molar-refractivity contribution in [2.45, 2.75) is 0 Å². The third kappa shape index (κ3) is 2.78. The smallest absolute Gasteiger partial charge is 0.164 e. The maximum absolute atomic E-state index is 6.33. The lowest BCUT2D eigenvalue weighted by atomic mass is 10.1. The van der Waals surface area contributed by atoms with Gasteiger partial charge in [0.1, 0.15) is 10.9 Å². The van der Waals surface area contributed by atoms with Gasteiger partial charge >= 0.3 is 0 Å². The summed E-state index contributed by atoms with van der Waals surface area (Å²) in [6, 6.07) is 13.4. The molecule has 0 radical (unpaired) electrons. The SMILES string of the molecule is COc1cc(OC)c(-c2cc3ccccc3c(Cl)n2)cc1OC. The average molecular weight is 330 g/mol. The zero-order valence-corrected chi connectivity index (χ0v) is 13.8. The third-order valence-corrected chi connectivity index (χ3v) is 3.96. The molecule has 0 amide bonds. The van der Waals surface area contributed by atoms with Crippen molar-refractivity contribution in [2.24, 2.45) is 0 Å². The van der Waals surface area contributed by atoms with E-state index in [0.717, 1.165) is 16.3 Å². The molecule has 0 atom stereocenters. The Labute approximate surface area is 139 Å². The summed E-state index contributed by atoms with van der Waals surface area (Å²) in [6.07, 6.45) is 0. The summed E-state index contributed by atoms with van der Waals surface area (Å²) in [5.41, 5.74) is 1.50. The second-order valence-corrected chi connectivity index (χ2v) is 5.28. The van der Waals surface area contributed by atoms with Crippen LogP contribution in [-0.4, -0.2) is 26.3 Å². The number of aromatic nitrogens is 1. The molecule has 0 saturated carbocycles. The number of fused-ring (bicyclic) bond motifs is 1. The molecule has 0 N–H and O–H groups in total. The number of hydrogen-bond donors (Lipinski definition) is 0. The Kier molecular flexibility index (Phi) is 4.26.